The summed E-state index contributed by atoms with van der Waals surface area (Å²) < 4.78 is 30.6. The SMILES string of the molecule is C=CC(=O)N1CCN(c2nc(=O)n3c4c(c(-c5ccc(F)cc5F)c(Br)cc24)SCC3)C(C)C1. The number of benzene rings is 2. The molecule has 2 aliphatic rings. The Morgan fingerprint density at radius 1 is 1.26 bits per heavy atom. The molecule has 0 bridgehead atoms. The lowest BCUT2D eigenvalue weighted by molar-refractivity contribution is -0.126. The second-order valence-corrected chi connectivity index (χ2v) is 10.3. The van der Waals surface area contributed by atoms with Crippen molar-refractivity contribution >= 4 is 50.3 Å². The van der Waals surface area contributed by atoms with Gasteiger partial charge in [-0.15, -0.1) is 11.8 Å². The van der Waals surface area contributed by atoms with Crippen LogP contribution in [0.2, 0.25) is 0 Å². The summed E-state index contributed by atoms with van der Waals surface area (Å²) in [6, 6.07) is 5.30. The Hall–Kier alpha value is -2.72. The van der Waals surface area contributed by atoms with E-state index in [1.54, 1.807) is 21.2 Å². The lowest BCUT2D eigenvalue weighted by Crippen LogP contribution is -2.54. The summed E-state index contributed by atoms with van der Waals surface area (Å²) in [5.41, 5.74) is 1.19. The maximum Gasteiger partial charge on any atom is 0.350 e. The summed E-state index contributed by atoms with van der Waals surface area (Å²) >= 11 is 5.15. The lowest BCUT2D eigenvalue weighted by atomic mass is 10.0. The third-order valence-electron chi connectivity index (χ3n) is 6.30. The van der Waals surface area contributed by atoms with E-state index in [-0.39, 0.29) is 23.2 Å². The van der Waals surface area contributed by atoms with Gasteiger partial charge >= 0.3 is 5.69 Å². The van der Waals surface area contributed by atoms with Crippen LogP contribution in [0.25, 0.3) is 22.0 Å². The van der Waals surface area contributed by atoms with E-state index in [0.29, 0.717) is 53.3 Å². The van der Waals surface area contributed by atoms with Gasteiger partial charge in [-0.05, 0) is 31.2 Å². The molecule has 10 heteroatoms. The van der Waals surface area contributed by atoms with Gasteiger partial charge in [-0.3, -0.25) is 9.36 Å². The molecule has 3 heterocycles. The maximum absolute atomic E-state index is 14.8. The van der Waals surface area contributed by atoms with Crippen molar-refractivity contribution in [1.29, 1.82) is 0 Å². The third-order valence-corrected chi connectivity index (χ3v) is 8.00. The van der Waals surface area contributed by atoms with Crippen LogP contribution in [0.3, 0.4) is 0 Å². The van der Waals surface area contributed by atoms with Crippen LogP contribution in [0.1, 0.15) is 6.92 Å². The predicted molar refractivity (Wildman–Crippen MR) is 133 cm³/mol. The van der Waals surface area contributed by atoms with Gasteiger partial charge < -0.3 is 9.80 Å². The maximum atomic E-state index is 14.8. The molecule has 1 atom stereocenters. The minimum atomic E-state index is -0.665. The molecule has 3 aromatic rings. The number of aromatic nitrogens is 2. The Morgan fingerprint density at radius 2 is 2.06 bits per heavy atom. The summed E-state index contributed by atoms with van der Waals surface area (Å²) in [7, 11) is 0. The summed E-state index contributed by atoms with van der Waals surface area (Å²) in [6.45, 7) is 7.53. The van der Waals surface area contributed by atoms with Crippen molar-refractivity contribution in [3.05, 3.63) is 63.5 Å². The van der Waals surface area contributed by atoms with Crippen LogP contribution in [0.5, 0.6) is 0 Å². The molecule has 6 nitrogen and oxygen atoms in total. The first-order chi connectivity index (χ1) is 16.3. The molecule has 0 spiro atoms. The van der Waals surface area contributed by atoms with E-state index in [1.807, 2.05) is 17.9 Å². The standard InChI is InChI=1S/C24H21BrF2N4O2S/c1-3-19(32)29-6-7-30(13(2)12-29)23-16-11-17(25)20(15-5-4-14(26)10-18(15)27)22-21(16)31(8-9-34-22)24(33)28-23/h3-5,10-11,13H,1,6-9,12H2,2H3. The number of piperazine rings is 1. The van der Waals surface area contributed by atoms with E-state index < -0.39 is 11.6 Å². The minimum absolute atomic E-state index is 0.0735. The predicted octanol–water partition coefficient (Wildman–Crippen LogP) is 4.43. The van der Waals surface area contributed by atoms with Crippen molar-refractivity contribution in [3.63, 3.8) is 0 Å². The Balaban J connectivity index is 1.71. The first-order valence-corrected chi connectivity index (χ1v) is 12.6. The molecule has 1 amide bonds. The zero-order valence-electron chi connectivity index (χ0n) is 18.4. The summed E-state index contributed by atoms with van der Waals surface area (Å²) in [5, 5.41) is 0.773. The van der Waals surface area contributed by atoms with Crippen molar-refractivity contribution in [2.24, 2.45) is 0 Å². The molecule has 2 aromatic carbocycles. The fraction of sp³-hybridized carbons (Fsp3) is 0.292. The number of carbonyl (C=O) groups is 1. The first-order valence-electron chi connectivity index (χ1n) is 10.8. The Bertz CT molecular complexity index is 1410. The second-order valence-electron chi connectivity index (χ2n) is 8.33. The van der Waals surface area contributed by atoms with Gasteiger partial charge in [0.1, 0.15) is 17.5 Å². The van der Waals surface area contributed by atoms with Gasteiger partial charge in [0.25, 0.3) is 0 Å². The molecule has 2 aliphatic heterocycles. The zero-order chi connectivity index (χ0) is 24.1. The monoisotopic (exact) mass is 546 g/mol. The van der Waals surface area contributed by atoms with Gasteiger partial charge in [0, 0.05) is 69.9 Å². The van der Waals surface area contributed by atoms with Crippen molar-refractivity contribution in [1.82, 2.24) is 14.5 Å². The molecule has 5 rings (SSSR count). The van der Waals surface area contributed by atoms with Gasteiger partial charge in [-0.1, -0.05) is 22.5 Å². The van der Waals surface area contributed by atoms with Gasteiger partial charge in [0.05, 0.1) is 5.52 Å². The summed E-state index contributed by atoms with van der Waals surface area (Å²) in [4.78, 5) is 34.1. The molecule has 176 valence electrons. The number of hydrogen-bond acceptors (Lipinski definition) is 5. The summed E-state index contributed by atoms with van der Waals surface area (Å²) in [6.07, 6.45) is 1.31. The second kappa shape index (κ2) is 8.81. The van der Waals surface area contributed by atoms with Crippen molar-refractivity contribution in [3.8, 4) is 11.1 Å². The molecule has 1 saturated heterocycles. The van der Waals surface area contributed by atoms with E-state index in [2.05, 4.69) is 27.5 Å². The Kier molecular flexibility index (Phi) is 5.97. The number of amides is 1. The number of aryl methyl sites for hydroxylation is 1. The van der Waals surface area contributed by atoms with Gasteiger partial charge in [-0.2, -0.15) is 4.98 Å². The Morgan fingerprint density at radius 3 is 2.76 bits per heavy atom. The van der Waals surface area contributed by atoms with E-state index in [0.717, 1.165) is 16.3 Å². The highest BCUT2D eigenvalue weighted by atomic mass is 79.9. The van der Waals surface area contributed by atoms with Crippen molar-refractivity contribution < 1.29 is 13.6 Å². The lowest BCUT2D eigenvalue weighted by Gasteiger charge is -2.40. The van der Waals surface area contributed by atoms with Crippen LogP contribution in [0.15, 0.2) is 51.1 Å². The zero-order valence-corrected chi connectivity index (χ0v) is 20.8. The van der Waals surface area contributed by atoms with Crippen LogP contribution in [-0.2, 0) is 11.3 Å². The number of carbonyl (C=O) groups excluding carboxylic acids is 1. The van der Waals surface area contributed by atoms with Gasteiger partial charge in [0.2, 0.25) is 5.91 Å². The molecule has 34 heavy (non-hydrogen) atoms. The highest BCUT2D eigenvalue weighted by Gasteiger charge is 2.31. The molecule has 1 fully saturated rings. The fourth-order valence-electron chi connectivity index (χ4n) is 4.71. The molecular weight excluding hydrogens is 526 g/mol. The van der Waals surface area contributed by atoms with Crippen LogP contribution in [0, 0.1) is 11.6 Å². The largest absolute Gasteiger partial charge is 0.350 e. The molecule has 0 N–H and O–H groups in total. The van der Waals surface area contributed by atoms with Crippen LogP contribution in [0.4, 0.5) is 14.6 Å². The average Bonchev–Trinajstić information content (AvgIpc) is 2.81. The number of anilines is 1. The highest BCUT2D eigenvalue weighted by Crippen LogP contribution is 2.46. The topological polar surface area (TPSA) is 58.4 Å². The van der Waals surface area contributed by atoms with Crippen LogP contribution >= 0.6 is 27.7 Å². The molecule has 1 aromatic heterocycles. The Labute approximate surface area is 207 Å². The minimum Gasteiger partial charge on any atom is -0.350 e. The quantitative estimate of drug-likeness (QED) is 0.455. The van der Waals surface area contributed by atoms with Crippen molar-refractivity contribution in [2.45, 2.75) is 24.4 Å². The number of thioether (sulfide) groups is 1. The highest BCUT2D eigenvalue weighted by molar-refractivity contribution is 9.10. The van der Waals surface area contributed by atoms with Crippen molar-refractivity contribution in [2.75, 3.05) is 30.3 Å². The molecular formula is C24H21BrF2N4O2S. The van der Waals surface area contributed by atoms with Gasteiger partial charge in [-0.25, -0.2) is 13.6 Å². The normalized spacial score (nSPS) is 17.8. The van der Waals surface area contributed by atoms with Gasteiger partial charge in [0.15, 0.2) is 0 Å². The fourth-order valence-corrected chi connectivity index (χ4v) is 6.68. The van der Waals surface area contributed by atoms with E-state index in [4.69, 9.17) is 0 Å². The molecule has 1 unspecified atom stereocenters. The first kappa shape index (κ1) is 23.0. The molecule has 0 aliphatic carbocycles. The van der Waals surface area contributed by atoms with E-state index in [9.17, 15) is 18.4 Å². The molecule has 0 saturated carbocycles. The smallest absolute Gasteiger partial charge is 0.350 e. The molecule has 0 radical (unpaired) electrons. The average molecular weight is 547 g/mol. The van der Waals surface area contributed by atoms with E-state index >= 15 is 0 Å². The number of rotatable bonds is 3. The van der Waals surface area contributed by atoms with Crippen LogP contribution < -0.4 is 10.6 Å². The number of nitrogens with zero attached hydrogens (tertiary/aromatic N) is 4. The number of hydrogen-bond donors (Lipinski definition) is 0. The summed E-state index contributed by atoms with van der Waals surface area (Å²) in [5.74, 6) is -0.256. The van der Waals surface area contributed by atoms with E-state index in [1.165, 1.54) is 18.2 Å². The number of halogens is 3. The van der Waals surface area contributed by atoms with Crippen LogP contribution in [-0.4, -0.2) is 51.8 Å². The third kappa shape index (κ3) is 3.73.